The highest BCUT2D eigenvalue weighted by Gasteiger charge is 2.20. The molecule has 3 rings (SSSR count). The first kappa shape index (κ1) is 22.1. The summed E-state index contributed by atoms with van der Waals surface area (Å²) in [7, 11) is -3.79. The summed E-state index contributed by atoms with van der Waals surface area (Å²) in [5.74, 6) is -0.143. The average molecular weight is 446 g/mol. The summed E-state index contributed by atoms with van der Waals surface area (Å²) in [4.78, 5) is 12.8. The zero-order valence-electron chi connectivity index (χ0n) is 16.9. The summed E-state index contributed by atoms with van der Waals surface area (Å²) >= 11 is 6.03. The monoisotopic (exact) mass is 445 g/mol. The molecule has 8 heteroatoms. The van der Waals surface area contributed by atoms with Crippen LogP contribution in [-0.4, -0.2) is 25.4 Å². The van der Waals surface area contributed by atoms with E-state index < -0.39 is 10.0 Å². The summed E-state index contributed by atoms with van der Waals surface area (Å²) in [6, 6.07) is 15.4. The van der Waals surface area contributed by atoms with E-state index in [0.717, 1.165) is 35.5 Å². The molecule has 0 unspecified atom stereocenters. The van der Waals surface area contributed by atoms with E-state index in [1.54, 1.807) is 24.3 Å². The molecule has 158 valence electrons. The van der Waals surface area contributed by atoms with E-state index >= 15 is 0 Å². The molecule has 3 aromatic rings. The Morgan fingerprint density at radius 1 is 1.10 bits per heavy atom. The Morgan fingerprint density at radius 2 is 1.73 bits per heavy atom. The molecule has 0 fully saturated rings. The maximum Gasteiger partial charge on any atom is 0.253 e. The van der Waals surface area contributed by atoms with Crippen molar-refractivity contribution in [3.8, 4) is 16.9 Å². The minimum Gasteiger partial charge on any atom is -0.352 e. The Labute approximate surface area is 181 Å². The van der Waals surface area contributed by atoms with E-state index in [-0.39, 0.29) is 10.8 Å². The van der Waals surface area contributed by atoms with Gasteiger partial charge in [-0.3, -0.25) is 4.79 Å². The Bertz CT molecular complexity index is 1150. The van der Waals surface area contributed by atoms with Crippen molar-refractivity contribution in [1.29, 1.82) is 0 Å². The summed E-state index contributed by atoms with van der Waals surface area (Å²) in [5, 5.41) is 8.78. The number of benzene rings is 2. The first-order valence-electron chi connectivity index (χ1n) is 9.62. The number of carbonyl (C=O) groups excluding carboxylic acids is 1. The zero-order chi connectivity index (χ0) is 21.9. The Kier molecular flexibility index (Phi) is 6.65. The number of primary sulfonamides is 1. The quantitative estimate of drug-likeness (QED) is 0.531. The molecule has 0 atom stereocenters. The lowest BCUT2D eigenvalue weighted by Crippen LogP contribution is -2.24. The van der Waals surface area contributed by atoms with Gasteiger partial charge in [0.05, 0.1) is 16.2 Å². The molecule has 1 heterocycles. The van der Waals surface area contributed by atoms with Crippen molar-refractivity contribution in [3.05, 3.63) is 70.9 Å². The first-order chi connectivity index (χ1) is 14.2. The molecular weight excluding hydrogens is 422 g/mol. The lowest BCUT2D eigenvalue weighted by atomic mass is 10.1. The minimum atomic E-state index is -3.79. The van der Waals surface area contributed by atoms with E-state index in [9.17, 15) is 13.2 Å². The molecule has 0 spiro atoms. The molecule has 0 aliphatic carbocycles. The Hall–Kier alpha value is -2.61. The van der Waals surface area contributed by atoms with Crippen molar-refractivity contribution in [3.63, 3.8) is 0 Å². The van der Waals surface area contributed by atoms with Gasteiger partial charge in [-0.25, -0.2) is 13.6 Å². The number of hydrogen-bond acceptors (Lipinski definition) is 3. The molecule has 0 saturated heterocycles. The average Bonchev–Trinajstić information content (AvgIpc) is 3.05. The molecular formula is C22H24ClN3O3S. The molecule has 1 aromatic heterocycles. The van der Waals surface area contributed by atoms with Crippen LogP contribution in [0.15, 0.2) is 59.5 Å². The highest BCUT2D eigenvalue weighted by atomic mass is 35.5. The highest BCUT2D eigenvalue weighted by molar-refractivity contribution is 7.89. The number of nitrogens with one attached hydrogen (secondary N) is 1. The van der Waals surface area contributed by atoms with Crippen LogP contribution in [0.2, 0.25) is 5.02 Å². The number of carbonyl (C=O) groups is 1. The number of rotatable bonds is 7. The van der Waals surface area contributed by atoms with Gasteiger partial charge in [0.1, 0.15) is 0 Å². The van der Waals surface area contributed by atoms with Gasteiger partial charge < -0.3 is 9.88 Å². The van der Waals surface area contributed by atoms with Crippen molar-refractivity contribution in [2.45, 2.75) is 31.6 Å². The number of aromatic nitrogens is 1. The Balaban J connectivity index is 2.12. The molecule has 0 saturated carbocycles. The molecule has 6 nitrogen and oxygen atoms in total. The molecule has 0 radical (unpaired) electrons. The van der Waals surface area contributed by atoms with Gasteiger partial charge in [-0.1, -0.05) is 37.1 Å². The van der Waals surface area contributed by atoms with Crippen LogP contribution in [0.4, 0.5) is 0 Å². The zero-order valence-corrected chi connectivity index (χ0v) is 18.4. The fraction of sp³-hybridized carbons (Fsp3) is 0.227. The van der Waals surface area contributed by atoms with Gasteiger partial charge in [0.25, 0.3) is 5.91 Å². The van der Waals surface area contributed by atoms with Gasteiger partial charge >= 0.3 is 0 Å². The molecule has 30 heavy (non-hydrogen) atoms. The second kappa shape index (κ2) is 9.04. The fourth-order valence-electron chi connectivity index (χ4n) is 3.26. The van der Waals surface area contributed by atoms with Crippen molar-refractivity contribution in [2.75, 3.05) is 6.54 Å². The van der Waals surface area contributed by atoms with Crippen molar-refractivity contribution in [2.24, 2.45) is 5.14 Å². The van der Waals surface area contributed by atoms with Gasteiger partial charge in [-0.05, 0) is 61.4 Å². The number of nitrogens with two attached hydrogens (primary N) is 1. The molecule has 2 aromatic carbocycles. The van der Waals surface area contributed by atoms with Crippen LogP contribution in [0.5, 0.6) is 0 Å². The third-order valence-electron chi connectivity index (χ3n) is 4.87. The van der Waals surface area contributed by atoms with E-state index in [1.807, 2.05) is 29.7 Å². The lowest BCUT2D eigenvalue weighted by molar-refractivity contribution is 0.0952. The standard InChI is InChI=1S/C22H24ClN3O3S/c1-3-4-13-25-22(27)20-14-21(16-5-7-17(23)8-6-16)26(15(20)2)18-9-11-19(12-10-18)30(24,28)29/h5-12,14H,3-4,13H2,1-2H3,(H,25,27)(H2,24,28,29). The van der Waals surface area contributed by atoms with Crippen LogP contribution in [0.3, 0.4) is 0 Å². The van der Waals surface area contributed by atoms with Crippen molar-refractivity contribution >= 4 is 27.5 Å². The van der Waals surface area contributed by atoms with Crippen molar-refractivity contribution < 1.29 is 13.2 Å². The van der Waals surface area contributed by atoms with Gasteiger partial charge in [0.2, 0.25) is 10.0 Å². The minimum absolute atomic E-state index is 0.0293. The van der Waals surface area contributed by atoms with Crippen LogP contribution in [0.25, 0.3) is 16.9 Å². The maximum atomic E-state index is 12.8. The summed E-state index contributed by atoms with van der Waals surface area (Å²) < 4.78 is 25.1. The summed E-state index contributed by atoms with van der Waals surface area (Å²) in [5.41, 5.74) is 3.71. The smallest absolute Gasteiger partial charge is 0.253 e. The lowest BCUT2D eigenvalue weighted by Gasteiger charge is -2.13. The number of unbranched alkanes of at least 4 members (excludes halogenated alkanes) is 1. The number of sulfonamides is 1. The van der Waals surface area contributed by atoms with Gasteiger partial charge in [0.15, 0.2) is 0 Å². The normalized spacial score (nSPS) is 11.5. The summed E-state index contributed by atoms with van der Waals surface area (Å²) in [6.45, 7) is 4.54. The van der Waals surface area contributed by atoms with E-state index in [1.165, 1.54) is 12.1 Å². The van der Waals surface area contributed by atoms with E-state index in [0.29, 0.717) is 17.1 Å². The number of amides is 1. The van der Waals surface area contributed by atoms with Gasteiger partial charge in [-0.15, -0.1) is 0 Å². The second-order valence-corrected chi connectivity index (χ2v) is 9.02. The van der Waals surface area contributed by atoms with Crippen LogP contribution in [0, 0.1) is 6.92 Å². The van der Waals surface area contributed by atoms with Gasteiger partial charge in [-0.2, -0.15) is 0 Å². The van der Waals surface area contributed by atoms with Crippen LogP contribution >= 0.6 is 11.6 Å². The maximum absolute atomic E-state index is 12.8. The first-order valence-corrected chi connectivity index (χ1v) is 11.5. The topological polar surface area (TPSA) is 94.2 Å². The van der Waals surface area contributed by atoms with Crippen LogP contribution in [-0.2, 0) is 10.0 Å². The fourth-order valence-corrected chi connectivity index (χ4v) is 3.90. The van der Waals surface area contributed by atoms with Crippen molar-refractivity contribution in [1.82, 2.24) is 9.88 Å². The largest absolute Gasteiger partial charge is 0.352 e. The second-order valence-electron chi connectivity index (χ2n) is 7.02. The number of hydrogen-bond donors (Lipinski definition) is 2. The molecule has 1 amide bonds. The third kappa shape index (κ3) is 4.75. The van der Waals surface area contributed by atoms with Crippen LogP contribution in [0.1, 0.15) is 35.8 Å². The number of nitrogens with zero attached hydrogens (tertiary/aromatic N) is 1. The SMILES string of the molecule is CCCCNC(=O)c1cc(-c2ccc(Cl)cc2)n(-c2ccc(S(N)(=O)=O)cc2)c1C. The molecule has 0 aliphatic heterocycles. The van der Waals surface area contributed by atoms with E-state index in [4.69, 9.17) is 16.7 Å². The summed E-state index contributed by atoms with van der Waals surface area (Å²) in [6.07, 6.45) is 1.90. The third-order valence-corrected chi connectivity index (χ3v) is 6.05. The van der Waals surface area contributed by atoms with E-state index in [2.05, 4.69) is 12.2 Å². The molecule has 0 bridgehead atoms. The number of halogens is 1. The van der Waals surface area contributed by atoms with Gasteiger partial charge in [0, 0.05) is 22.9 Å². The van der Waals surface area contributed by atoms with Crippen LogP contribution < -0.4 is 10.5 Å². The Morgan fingerprint density at radius 3 is 2.30 bits per heavy atom. The molecule has 3 N–H and O–H groups in total. The predicted octanol–water partition coefficient (Wildman–Crippen LogP) is 4.28. The molecule has 0 aliphatic rings. The predicted molar refractivity (Wildman–Crippen MR) is 120 cm³/mol. The highest BCUT2D eigenvalue weighted by Crippen LogP contribution is 2.30.